The van der Waals surface area contributed by atoms with Gasteiger partial charge in [-0.25, -0.2) is 9.59 Å². The first-order chi connectivity index (χ1) is 74.1. The van der Waals surface area contributed by atoms with Gasteiger partial charge in [-0.05, 0) is 181 Å². The van der Waals surface area contributed by atoms with Crippen LogP contribution in [-0.2, 0) is 39.6 Å². The molecule has 0 radical (unpaired) electrons. The van der Waals surface area contributed by atoms with Gasteiger partial charge in [-0.1, -0.05) is 467 Å². The lowest BCUT2D eigenvalue weighted by molar-refractivity contribution is 0.0730. The number of benzene rings is 9. The Balaban J connectivity index is 0.972. The average Bonchev–Trinajstić information content (AvgIpc) is 0.804. The molecule has 0 aliphatic carbocycles. The third kappa shape index (κ3) is 55.2. The Morgan fingerprint density at radius 3 is 0.480 bits per heavy atom. The second kappa shape index (κ2) is 81.3. The van der Waals surface area contributed by atoms with Crippen LogP contribution in [-0.4, -0.2) is 51.6 Å². The fourth-order valence-electron chi connectivity index (χ4n) is 18.8. The van der Waals surface area contributed by atoms with Crippen LogP contribution in [0.3, 0.4) is 0 Å². The van der Waals surface area contributed by atoms with Crippen molar-refractivity contribution in [1.29, 1.82) is 0 Å². The van der Waals surface area contributed by atoms with Crippen molar-refractivity contribution in [1.82, 2.24) is 0 Å². The van der Waals surface area contributed by atoms with Gasteiger partial charge in [-0.15, -0.1) is 0 Å². The molecule has 826 valence electrons. The van der Waals surface area contributed by atoms with Crippen LogP contribution in [0.25, 0.3) is 0 Å². The van der Waals surface area contributed by atoms with E-state index in [4.69, 9.17) is 66.3 Å². The van der Waals surface area contributed by atoms with Crippen LogP contribution in [0.1, 0.15) is 481 Å². The van der Waals surface area contributed by atoms with E-state index in [9.17, 15) is 0 Å². The van der Waals surface area contributed by atoms with Crippen molar-refractivity contribution >= 4 is 11.9 Å². The molecule has 9 rings (SSSR count). The quantitative estimate of drug-likeness (QED) is 0.0201. The standard InChI is InChI=1S/C134H194O16/c1-7-13-19-25-31-37-43-49-55-61-94-137-119-82-70-111(71-83-119)105-143-127-100-117(101-128(144-106-112-72-84-120(85-73-112)138-95-62-56-50-44-38-32-26-20-14-8-2)131(127)147-109-115-78-90-123(91-79-115)141-98-65-59-53-47-41-35-29-23-17-11-5)133(135)149-125-68-67-69-126(104-125)150-134(136)118-102-129(145-107-113-74-86-121(87-75-113)139-96-63-57-51-45-39-33-27-21-15-9-3)132(148-110-116-80-92-124(93-81-116)142-99-66-60-54-48-42-36-30-24-18-12-6)130(103-118)146-108-114-76-88-122(89-77-114)140-97-64-58-52-46-40-34-28-22-16-10-4/h67-93,100-104H,7-66,94-99,105-110H2,1-6H3. The molecule has 9 aromatic carbocycles. The van der Waals surface area contributed by atoms with E-state index in [1.54, 1.807) is 42.5 Å². The molecule has 9 aromatic rings. The van der Waals surface area contributed by atoms with Gasteiger partial charge in [-0.3, -0.25) is 0 Å². The molecule has 0 atom stereocenters. The molecule has 16 nitrogen and oxygen atoms in total. The largest absolute Gasteiger partial charge is 0.494 e. The summed E-state index contributed by atoms with van der Waals surface area (Å²) in [7, 11) is 0. The van der Waals surface area contributed by atoms with Crippen molar-refractivity contribution in [3.8, 4) is 80.5 Å². The summed E-state index contributed by atoms with van der Waals surface area (Å²) < 4.78 is 91.5. The van der Waals surface area contributed by atoms with E-state index in [0.29, 0.717) is 51.1 Å². The first-order valence-electron chi connectivity index (χ1n) is 60.1. The highest BCUT2D eigenvalue weighted by Crippen LogP contribution is 2.44. The molecule has 0 amide bonds. The van der Waals surface area contributed by atoms with Crippen LogP contribution < -0.4 is 66.3 Å². The van der Waals surface area contributed by atoms with E-state index in [1.807, 2.05) is 146 Å². The highest BCUT2D eigenvalue weighted by Gasteiger charge is 2.26. The van der Waals surface area contributed by atoms with E-state index in [1.165, 1.54) is 314 Å². The topological polar surface area (TPSA) is 163 Å². The van der Waals surface area contributed by atoms with Crippen molar-refractivity contribution in [2.75, 3.05) is 39.6 Å². The van der Waals surface area contributed by atoms with Gasteiger partial charge in [0.05, 0.1) is 50.8 Å². The van der Waals surface area contributed by atoms with Gasteiger partial charge >= 0.3 is 11.9 Å². The SMILES string of the molecule is CCCCCCCCCCCCOc1ccc(COc2cc(C(=O)Oc3cccc(OC(=O)c4cc(OCc5ccc(OCCCCCCCCCCCC)cc5)c(OCc5ccc(OCCCCCCCCCCCC)cc5)c(OCc5ccc(OCCCCCCCCCCCC)cc5)c4)c3)cc(OCc3ccc(OCCCCCCCCCCCC)cc3)c2OCc2ccc(OCCCCCCCCCCCC)cc2)cc1. The van der Waals surface area contributed by atoms with Gasteiger partial charge < -0.3 is 66.3 Å². The van der Waals surface area contributed by atoms with Crippen LogP contribution >= 0.6 is 0 Å². The Morgan fingerprint density at radius 1 is 0.160 bits per heavy atom. The average molecular weight is 2060 g/mol. The number of ether oxygens (including phenoxy) is 14. The Morgan fingerprint density at radius 2 is 0.313 bits per heavy atom. The molecule has 0 saturated heterocycles. The molecule has 0 aliphatic heterocycles. The minimum absolute atomic E-state index is 0.105. The van der Waals surface area contributed by atoms with Gasteiger partial charge in [0.15, 0.2) is 23.0 Å². The lowest BCUT2D eigenvalue weighted by Gasteiger charge is -2.19. The van der Waals surface area contributed by atoms with Crippen molar-refractivity contribution in [3.05, 3.63) is 239 Å². The molecule has 0 heterocycles. The summed E-state index contributed by atoms with van der Waals surface area (Å²) in [6, 6.07) is 60.9. The van der Waals surface area contributed by atoms with Gasteiger partial charge in [-0.2, -0.15) is 0 Å². The lowest BCUT2D eigenvalue weighted by Crippen LogP contribution is -2.12. The highest BCUT2D eigenvalue weighted by molar-refractivity contribution is 5.94. The number of hydrogen-bond acceptors (Lipinski definition) is 16. The van der Waals surface area contributed by atoms with Crippen LogP contribution in [0.4, 0.5) is 0 Å². The number of carbonyl (C=O) groups excluding carboxylic acids is 2. The summed E-state index contributed by atoms with van der Waals surface area (Å²) in [4.78, 5) is 30.5. The summed E-state index contributed by atoms with van der Waals surface area (Å²) in [5, 5.41) is 0. The molecule has 0 fully saturated rings. The van der Waals surface area contributed by atoms with Crippen LogP contribution in [0.15, 0.2) is 194 Å². The fourth-order valence-corrected chi connectivity index (χ4v) is 18.8. The van der Waals surface area contributed by atoms with E-state index < -0.39 is 11.9 Å². The Hall–Kier alpha value is -10.5. The molecule has 0 aliphatic rings. The van der Waals surface area contributed by atoms with E-state index >= 15 is 9.59 Å². The van der Waals surface area contributed by atoms with E-state index in [0.717, 1.165) is 145 Å². The number of carbonyl (C=O) groups is 2. The summed E-state index contributed by atoms with van der Waals surface area (Å²) >= 11 is 0. The molecule has 0 aromatic heterocycles. The van der Waals surface area contributed by atoms with Gasteiger partial charge in [0.2, 0.25) is 11.5 Å². The number of rotatable bonds is 94. The van der Waals surface area contributed by atoms with Gasteiger partial charge in [0.25, 0.3) is 0 Å². The second-order valence-corrected chi connectivity index (χ2v) is 41.6. The molecule has 0 unspecified atom stereocenters. The first-order valence-corrected chi connectivity index (χ1v) is 60.1. The smallest absolute Gasteiger partial charge is 0.343 e. The van der Waals surface area contributed by atoms with Crippen molar-refractivity contribution in [3.63, 3.8) is 0 Å². The zero-order valence-corrected chi connectivity index (χ0v) is 93.9. The first kappa shape index (κ1) is 123. The minimum atomic E-state index is -0.734. The summed E-state index contributed by atoms with van der Waals surface area (Å²) in [6.07, 6.45) is 75.3. The predicted molar refractivity (Wildman–Crippen MR) is 618 cm³/mol. The van der Waals surface area contributed by atoms with Gasteiger partial charge in [0.1, 0.15) is 85.6 Å². The maximum Gasteiger partial charge on any atom is 0.343 e. The zero-order valence-electron chi connectivity index (χ0n) is 93.9. The normalized spacial score (nSPS) is 11.2. The highest BCUT2D eigenvalue weighted by atomic mass is 16.6. The zero-order chi connectivity index (χ0) is 105. The summed E-state index contributed by atoms with van der Waals surface area (Å²) in [5.74, 6) is 5.09. The summed E-state index contributed by atoms with van der Waals surface area (Å²) in [6.45, 7) is 18.2. The molecular formula is C134H194O16. The summed E-state index contributed by atoms with van der Waals surface area (Å²) in [5.41, 5.74) is 5.48. The molecule has 150 heavy (non-hydrogen) atoms. The third-order valence-corrected chi connectivity index (χ3v) is 28.2. The van der Waals surface area contributed by atoms with Crippen molar-refractivity contribution in [2.24, 2.45) is 0 Å². The molecular weight excluding hydrogens is 1870 g/mol. The minimum Gasteiger partial charge on any atom is -0.494 e. The van der Waals surface area contributed by atoms with Gasteiger partial charge in [0, 0.05) is 6.07 Å². The second-order valence-electron chi connectivity index (χ2n) is 41.6. The lowest BCUT2D eigenvalue weighted by atomic mass is 10.1. The molecule has 0 spiro atoms. The van der Waals surface area contributed by atoms with E-state index in [-0.39, 0.29) is 85.3 Å². The van der Waals surface area contributed by atoms with Crippen molar-refractivity contribution in [2.45, 2.75) is 466 Å². The molecule has 0 bridgehead atoms. The maximum atomic E-state index is 15.2. The Kier molecular flexibility index (Phi) is 66.7. The fraction of sp³-hybridized carbons (Fsp3) is 0.582. The number of esters is 2. The predicted octanol–water partition coefficient (Wildman–Crippen LogP) is 39.4. The number of hydrogen-bond donors (Lipinski definition) is 0. The van der Waals surface area contributed by atoms with Crippen LogP contribution in [0.5, 0.6) is 80.5 Å². The maximum absolute atomic E-state index is 15.2. The van der Waals surface area contributed by atoms with Crippen molar-refractivity contribution < 1.29 is 75.9 Å². The van der Waals surface area contributed by atoms with Crippen LogP contribution in [0.2, 0.25) is 0 Å². The monoisotopic (exact) mass is 2060 g/mol. The third-order valence-electron chi connectivity index (χ3n) is 28.2. The van der Waals surface area contributed by atoms with Crippen LogP contribution in [0, 0.1) is 0 Å². The Labute approximate surface area is 907 Å². The Bertz CT molecular complexity index is 4370. The molecule has 0 N–H and O–H groups in total. The molecule has 0 saturated carbocycles. The molecule has 16 heteroatoms. The van der Waals surface area contributed by atoms with E-state index in [2.05, 4.69) is 41.5 Å². The number of unbranched alkanes of at least 4 members (excludes halogenated alkanes) is 54.